The summed E-state index contributed by atoms with van der Waals surface area (Å²) in [5.41, 5.74) is 2.55. The van der Waals surface area contributed by atoms with E-state index in [1.54, 1.807) is 7.05 Å². The van der Waals surface area contributed by atoms with Gasteiger partial charge in [0.25, 0.3) is 0 Å². The van der Waals surface area contributed by atoms with Crippen LogP contribution < -0.4 is 10.6 Å². The van der Waals surface area contributed by atoms with Crippen molar-refractivity contribution in [2.24, 2.45) is 4.99 Å². The molecule has 2 N–H and O–H groups in total. The van der Waals surface area contributed by atoms with Gasteiger partial charge in [-0.1, -0.05) is 36.4 Å². The molecule has 1 heterocycles. The van der Waals surface area contributed by atoms with Crippen molar-refractivity contribution < 1.29 is 4.79 Å². The number of carbonyl (C=O) groups is 1. The number of benzene rings is 1. The van der Waals surface area contributed by atoms with Crippen LogP contribution in [0.2, 0.25) is 0 Å². The normalized spacial score (nSPS) is 17.2. The number of guanidine groups is 1. The van der Waals surface area contributed by atoms with Crippen LogP contribution in [0.15, 0.2) is 41.4 Å². The first kappa shape index (κ1) is 16.6. The Balaban J connectivity index is 1.35. The van der Waals surface area contributed by atoms with E-state index >= 15 is 0 Å². The molecule has 0 radical (unpaired) electrons. The lowest BCUT2D eigenvalue weighted by molar-refractivity contribution is -0.131. The van der Waals surface area contributed by atoms with Crippen LogP contribution >= 0.6 is 0 Å². The van der Waals surface area contributed by atoms with Crippen molar-refractivity contribution in [1.29, 1.82) is 0 Å². The molecule has 5 nitrogen and oxygen atoms in total. The Morgan fingerprint density at radius 2 is 1.88 bits per heavy atom. The van der Waals surface area contributed by atoms with Crippen molar-refractivity contribution in [2.75, 3.05) is 13.6 Å². The van der Waals surface area contributed by atoms with Crippen LogP contribution in [-0.2, 0) is 17.9 Å². The van der Waals surface area contributed by atoms with Gasteiger partial charge in [-0.2, -0.15) is 0 Å². The summed E-state index contributed by atoms with van der Waals surface area (Å²) in [6.07, 6.45) is 7.87. The van der Waals surface area contributed by atoms with E-state index < -0.39 is 0 Å². The summed E-state index contributed by atoms with van der Waals surface area (Å²) in [7, 11) is 1.78. The summed E-state index contributed by atoms with van der Waals surface area (Å²) >= 11 is 0. The standard InChI is InChI=1S/C19H26N4O/c1-20-19(22-17-9-4-5-10-17)21-12-6-11-18(24)23-13-15-7-2-3-8-16(15)14-23/h2-5,7-8,17H,6,9-14H2,1H3,(H2,20,21,22). The first-order chi connectivity index (χ1) is 11.8. The maximum Gasteiger partial charge on any atom is 0.223 e. The summed E-state index contributed by atoms with van der Waals surface area (Å²) in [6, 6.07) is 8.74. The number of fused-ring (bicyclic) bond motifs is 1. The van der Waals surface area contributed by atoms with E-state index in [1.165, 1.54) is 11.1 Å². The molecule has 0 bridgehead atoms. The van der Waals surface area contributed by atoms with Gasteiger partial charge in [0.2, 0.25) is 5.91 Å². The molecule has 128 valence electrons. The SMILES string of the molecule is CN=C(NCCCC(=O)N1Cc2ccccc2C1)NC1CC=CC1. The molecular weight excluding hydrogens is 300 g/mol. The minimum atomic E-state index is 0.232. The summed E-state index contributed by atoms with van der Waals surface area (Å²) in [5, 5.41) is 6.70. The van der Waals surface area contributed by atoms with Gasteiger partial charge in [-0.05, 0) is 30.4 Å². The Labute approximate surface area is 143 Å². The minimum absolute atomic E-state index is 0.232. The molecular formula is C19H26N4O. The second kappa shape index (κ2) is 7.99. The van der Waals surface area contributed by atoms with Gasteiger partial charge >= 0.3 is 0 Å². The monoisotopic (exact) mass is 326 g/mol. The summed E-state index contributed by atoms with van der Waals surface area (Å²) in [6.45, 7) is 2.26. The fourth-order valence-corrected chi connectivity index (χ4v) is 3.24. The number of rotatable bonds is 5. The summed E-state index contributed by atoms with van der Waals surface area (Å²) < 4.78 is 0. The maximum absolute atomic E-state index is 12.4. The van der Waals surface area contributed by atoms with Crippen molar-refractivity contribution in [3.05, 3.63) is 47.5 Å². The summed E-state index contributed by atoms with van der Waals surface area (Å²) in [4.78, 5) is 18.5. The topological polar surface area (TPSA) is 56.7 Å². The number of hydrogen-bond acceptors (Lipinski definition) is 2. The predicted octanol–water partition coefficient (Wildman–Crippen LogP) is 2.19. The fraction of sp³-hybridized carbons (Fsp3) is 0.474. The van der Waals surface area contributed by atoms with Crippen molar-refractivity contribution in [2.45, 2.75) is 44.8 Å². The Bertz CT molecular complexity index is 605. The van der Waals surface area contributed by atoms with Gasteiger partial charge in [-0.15, -0.1) is 0 Å². The van der Waals surface area contributed by atoms with Crippen LogP contribution in [0.25, 0.3) is 0 Å². The van der Waals surface area contributed by atoms with E-state index in [9.17, 15) is 4.79 Å². The highest BCUT2D eigenvalue weighted by Gasteiger charge is 2.22. The molecule has 2 aliphatic rings. The molecule has 3 rings (SSSR count). The van der Waals surface area contributed by atoms with Crippen LogP contribution in [-0.4, -0.2) is 36.4 Å². The van der Waals surface area contributed by atoms with Crippen molar-refractivity contribution in [1.82, 2.24) is 15.5 Å². The molecule has 1 aliphatic carbocycles. The van der Waals surface area contributed by atoms with E-state index in [1.807, 2.05) is 17.0 Å². The zero-order chi connectivity index (χ0) is 16.8. The third-order valence-corrected chi connectivity index (χ3v) is 4.63. The van der Waals surface area contributed by atoms with Gasteiger partial charge in [-0.3, -0.25) is 9.79 Å². The molecule has 0 saturated carbocycles. The van der Waals surface area contributed by atoms with Crippen LogP contribution in [0.5, 0.6) is 0 Å². The lowest BCUT2D eigenvalue weighted by atomic mass is 10.1. The fourth-order valence-electron chi connectivity index (χ4n) is 3.24. The van der Waals surface area contributed by atoms with Crippen LogP contribution in [0.3, 0.4) is 0 Å². The third kappa shape index (κ3) is 4.16. The van der Waals surface area contributed by atoms with Gasteiger partial charge in [0.15, 0.2) is 5.96 Å². The molecule has 0 fully saturated rings. The Hall–Kier alpha value is -2.30. The molecule has 0 saturated heterocycles. The highest BCUT2D eigenvalue weighted by molar-refractivity contribution is 5.80. The maximum atomic E-state index is 12.4. The molecule has 1 aromatic rings. The van der Waals surface area contributed by atoms with E-state index in [-0.39, 0.29) is 5.91 Å². The number of nitrogens with one attached hydrogen (secondary N) is 2. The zero-order valence-electron chi connectivity index (χ0n) is 14.3. The van der Waals surface area contributed by atoms with Gasteiger partial charge in [0, 0.05) is 39.1 Å². The summed E-state index contributed by atoms with van der Waals surface area (Å²) in [5.74, 6) is 1.06. The molecule has 5 heteroatoms. The molecule has 24 heavy (non-hydrogen) atoms. The van der Waals surface area contributed by atoms with Gasteiger partial charge in [0.05, 0.1) is 0 Å². The molecule has 0 aromatic heterocycles. The molecule has 1 amide bonds. The minimum Gasteiger partial charge on any atom is -0.356 e. The van der Waals surface area contributed by atoms with Crippen molar-refractivity contribution >= 4 is 11.9 Å². The predicted molar refractivity (Wildman–Crippen MR) is 96.6 cm³/mol. The lowest BCUT2D eigenvalue weighted by Crippen LogP contribution is -2.42. The van der Waals surface area contributed by atoms with E-state index in [4.69, 9.17) is 0 Å². The first-order valence-electron chi connectivity index (χ1n) is 8.73. The zero-order valence-corrected chi connectivity index (χ0v) is 14.3. The Morgan fingerprint density at radius 3 is 2.50 bits per heavy atom. The van der Waals surface area contributed by atoms with Crippen LogP contribution in [0.1, 0.15) is 36.8 Å². The van der Waals surface area contributed by atoms with Gasteiger partial charge in [0.1, 0.15) is 0 Å². The highest BCUT2D eigenvalue weighted by Crippen LogP contribution is 2.22. The van der Waals surface area contributed by atoms with Crippen LogP contribution in [0.4, 0.5) is 0 Å². The van der Waals surface area contributed by atoms with E-state index in [0.717, 1.165) is 44.9 Å². The lowest BCUT2D eigenvalue weighted by Gasteiger charge is -2.18. The number of aliphatic imine (C=N–C) groups is 1. The molecule has 1 aromatic carbocycles. The number of carbonyl (C=O) groups excluding carboxylic acids is 1. The average Bonchev–Trinajstić information content (AvgIpc) is 3.26. The number of nitrogens with zero attached hydrogens (tertiary/aromatic N) is 2. The quantitative estimate of drug-likeness (QED) is 0.377. The van der Waals surface area contributed by atoms with Gasteiger partial charge < -0.3 is 15.5 Å². The number of amides is 1. The van der Waals surface area contributed by atoms with Gasteiger partial charge in [-0.25, -0.2) is 0 Å². The molecule has 0 atom stereocenters. The number of hydrogen-bond donors (Lipinski definition) is 2. The van der Waals surface area contributed by atoms with E-state index in [2.05, 4.69) is 39.9 Å². The largest absolute Gasteiger partial charge is 0.356 e. The molecule has 1 aliphatic heterocycles. The molecule has 0 spiro atoms. The first-order valence-corrected chi connectivity index (χ1v) is 8.73. The van der Waals surface area contributed by atoms with Crippen LogP contribution in [0, 0.1) is 0 Å². The van der Waals surface area contributed by atoms with E-state index in [0.29, 0.717) is 12.5 Å². The highest BCUT2D eigenvalue weighted by atomic mass is 16.2. The van der Waals surface area contributed by atoms with Crippen molar-refractivity contribution in [3.63, 3.8) is 0 Å². The second-order valence-corrected chi connectivity index (χ2v) is 6.41. The Morgan fingerprint density at radius 1 is 1.21 bits per heavy atom. The average molecular weight is 326 g/mol. The van der Waals surface area contributed by atoms with Crippen molar-refractivity contribution in [3.8, 4) is 0 Å². The third-order valence-electron chi connectivity index (χ3n) is 4.63. The smallest absolute Gasteiger partial charge is 0.223 e. The Kier molecular flexibility index (Phi) is 5.51. The molecule has 0 unspecified atom stereocenters. The second-order valence-electron chi connectivity index (χ2n) is 6.41.